The largest absolute Gasteiger partial charge is 0.394 e. The predicted molar refractivity (Wildman–Crippen MR) is 83.9 cm³/mol. The lowest BCUT2D eigenvalue weighted by atomic mass is 10.2. The normalized spacial score (nSPS) is 23.8. The molecular weight excluding hydrogens is 316 g/mol. The average Bonchev–Trinajstić information content (AvgIpc) is 2.89. The van der Waals surface area contributed by atoms with E-state index in [4.69, 9.17) is 14.9 Å². The Labute approximate surface area is 137 Å². The molecule has 1 saturated heterocycles. The van der Waals surface area contributed by atoms with E-state index in [1.54, 1.807) is 6.92 Å². The van der Waals surface area contributed by atoms with Crippen LogP contribution in [0.25, 0.3) is 0 Å². The number of nitrogens with one attached hydrogen (secondary N) is 1. The molecule has 1 aromatic rings. The van der Waals surface area contributed by atoms with Crippen molar-refractivity contribution in [1.29, 1.82) is 0 Å². The summed E-state index contributed by atoms with van der Waals surface area (Å²) in [6, 6.07) is 0. The van der Waals surface area contributed by atoms with Crippen LogP contribution in [0.1, 0.15) is 31.6 Å². The van der Waals surface area contributed by atoms with E-state index < -0.39 is 35.8 Å². The first-order valence-corrected chi connectivity index (χ1v) is 7.39. The van der Waals surface area contributed by atoms with E-state index in [1.807, 2.05) is 0 Å². The Bertz CT molecular complexity index is 817. The Balaban J connectivity index is 2.26. The summed E-state index contributed by atoms with van der Waals surface area (Å²) in [6.07, 6.45) is -1.44. The molecule has 8 nitrogen and oxygen atoms in total. The topological polar surface area (TPSA) is 125 Å². The molecule has 2 rings (SSSR count). The number of aromatic amines is 1. The minimum absolute atomic E-state index is 0.0199. The van der Waals surface area contributed by atoms with Crippen LogP contribution in [0.15, 0.2) is 15.8 Å². The van der Waals surface area contributed by atoms with Crippen molar-refractivity contribution < 1.29 is 20.1 Å². The minimum atomic E-state index is -0.903. The summed E-state index contributed by atoms with van der Waals surface area (Å²) in [4.78, 5) is 25.8. The van der Waals surface area contributed by atoms with Crippen molar-refractivity contribution in [3.63, 3.8) is 0 Å². The standard InChI is InChI=1S/C16H18N2O6/c1-10(20)5-3-2-4-6-11-8-18(16(23)17-15(11)22)14-7-12(21)13(9-19)24-14/h8,10,12-14,19-21H,5,7,9H2,1H3,(H,17,22,23)/t10?,12-,13+,14+/m0/s1. The third-order valence-corrected chi connectivity index (χ3v) is 3.41. The van der Waals surface area contributed by atoms with Gasteiger partial charge >= 0.3 is 5.69 Å². The third-order valence-electron chi connectivity index (χ3n) is 3.41. The maximum atomic E-state index is 11.9. The molecule has 1 aliphatic heterocycles. The first kappa shape index (κ1) is 18.0. The van der Waals surface area contributed by atoms with Crippen LogP contribution in [0.5, 0.6) is 0 Å². The summed E-state index contributed by atoms with van der Waals surface area (Å²) in [7, 11) is 0. The van der Waals surface area contributed by atoms with Crippen LogP contribution in [0.2, 0.25) is 0 Å². The van der Waals surface area contributed by atoms with Gasteiger partial charge in [-0.25, -0.2) is 4.79 Å². The van der Waals surface area contributed by atoms with Crippen molar-refractivity contribution in [2.75, 3.05) is 6.61 Å². The van der Waals surface area contributed by atoms with E-state index >= 15 is 0 Å². The summed E-state index contributed by atoms with van der Waals surface area (Å²) in [5, 5.41) is 27.9. The number of rotatable bonds is 3. The molecule has 0 saturated carbocycles. The summed E-state index contributed by atoms with van der Waals surface area (Å²) < 4.78 is 6.51. The van der Waals surface area contributed by atoms with Gasteiger partial charge in [0.1, 0.15) is 17.9 Å². The molecule has 0 amide bonds. The Hall–Kier alpha value is -2.36. The van der Waals surface area contributed by atoms with E-state index in [-0.39, 0.29) is 25.0 Å². The highest BCUT2D eigenvalue weighted by atomic mass is 16.5. The van der Waals surface area contributed by atoms with Gasteiger partial charge in [-0.1, -0.05) is 5.92 Å². The molecule has 0 bridgehead atoms. The van der Waals surface area contributed by atoms with Gasteiger partial charge in [-0.3, -0.25) is 14.3 Å². The number of aliphatic hydroxyl groups excluding tert-OH is 3. The molecule has 0 radical (unpaired) electrons. The van der Waals surface area contributed by atoms with Gasteiger partial charge in [0.25, 0.3) is 5.56 Å². The maximum Gasteiger partial charge on any atom is 0.330 e. The van der Waals surface area contributed by atoms with Crippen LogP contribution in [0.4, 0.5) is 0 Å². The van der Waals surface area contributed by atoms with E-state index in [0.717, 1.165) is 4.57 Å². The number of aromatic nitrogens is 2. The molecule has 0 aliphatic carbocycles. The highest BCUT2D eigenvalue weighted by Crippen LogP contribution is 2.27. The molecule has 0 aromatic carbocycles. The van der Waals surface area contributed by atoms with E-state index in [0.29, 0.717) is 0 Å². The maximum absolute atomic E-state index is 11.9. The van der Waals surface area contributed by atoms with E-state index in [1.165, 1.54) is 6.20 Å². The van der Waals surface area contributed by atoms with Crippen LogP contribution in [0, 0.1) is 23.7 Å². The molecule has 1 aromatic heterocycles. The molecule has 1 aliphatic rings. The van der Waals surface area contributed by atoms with Crippen molar-refractivity contribution in [3.8, 4) is 23.7 Å². The molecule has 8 heteroatoms. The first-order chi connectivity index (χ1) is 11.4. The van der Waals surface area contributed by atoms with Crippen molar-refractivity contribution in [2.45, 2.75) is 44.3 Å². The summed E-state index contributed by atoms with van der Waals surface area (Å²) in [6.45, 7) is 1.22. The van der Waals surface area contributed by atoms with Crippen molar-refractivity contribution in [3.05, 3.63) is 32.6 Å². The van der Waals surface area contributed by atoms with E-state index in [2.05, 4.69) is 28.7 Å². The third kappa shape index (κ3) is 4.34. The first-order valence-electron chi connectivity index (χ1n) is 7.39. The van der Waals surface area contributed by atoms with Crippen molar-refractivity contribution in [1.82, 2.24) is 9.55 Å². The lowest BCUT2D eigenvalue weighted by molar-refractivity contribution is -0.0459. The van der Waals surface area contributed by atoms with Gasteiger partial charge in [0.15, 0.2) is 0 Å². The van der Waals surface area contributed by atoms with Gasteiger partial charge in [-0.15, -0.1) is 0 Å². The fraction of sp³-hybridized carbons (Fsp3) is 0.500. The highest BCUT2D eigenvalue weighted by molar-refractivity contribution is 5.37. The number of aliphatic hydroxyl groups is 3. The Morgan fingerprint density at radius 1 is 1.46 bits per heavy atom. The second-order valence-corrected chi connectivity index (χ2v) is 5.43. The monoisotopic (exact) mass is 334 g/mol. The van der Waals surface area contributed by atoms with Crippen LogP contribution in [-0.2, 0) is 4.74 Å². The van der Waals surface area contributed by atoms with Gasteiger partial charge in [-0.2, -0.15) is 0 Å². The lowest BCUT2D eigenvalue weighted by Gasteiger charge is -2.14. The smallest absolute Gasteiger partial charge is 0.330 e. The summed E-state index contributed by atoms with van der Waals surface area (Å²) in [5.74, 6) is 10.2. The molecule has 128 valence electrons. The Kier molecular flexibility index (Phi) is 5.96. The minimum Gasteiger partial charge on any atom is -0.394 e. The molecule has 24 heavy (non-hydrogen) atoms. The van der Waals surface area contributed by atoms with Crippen LogP contribution >= 0.6 is 0 Å². The highest BCUT2D eigenvalue weighted by Gasteiger charge is 2.35. The summed E-state index contributed by atoms with van der Waals surface area (Å²) in [5.41, 5.74) is -1.33. The molecule has 1 fully saturated rings. The fourth-order valence-electron chi connectivity index (χ4n) is 2.18. The van der Waals surface area contributed by atoms with Crippen molar-refractivity contribution in [2.24, 2.45) is 0 Å². The molecular formula is C16H18N2O6. The summed E-state index contributed by atoms with van der Waals surface area (Å²) >= 11 is 0. The Morgan fingerprint density at radius 3 is 2.83 bits per heavy atom. The van der Waals surface area contributed by atoms with Gasteiger partial charge in [0, 0.05) is 19.0 Å². The Morgan fingerprint density at radius 2 is 2.21 bits per heavy atom. The molecule has 4 atom stereocenters. The second kappa shape index (κ2) is 7.95. The SMILES string of the molecule is CC(O)CC#CC#Cc1cn([C@H]2C[C@H](O)[C@@H](CO)O2)c(=O)[nH]c1=O. The number of hydrogen-bond acceptors (Lipinski definition) is 6. The van der Waals surface area contributed by atoms with Gasteiger partial charge in [0.2, 0.25) is 0 Å². The number of nitrogens with zero attached hydrogens (tertiary/aromatic N) is 1. The average molecular weight is 334 g/mol. The van der Waals surface area contributed by atoms with Crippen molar-refractivity contribution >= 4 is 0 Å². The van der Waals surface area contributed by atoms with Crippen LogP contribution in [-0.4, -0.2) is 49.8 Å². The zero-order chi connectivity index (χ0) is 17.7. The van der Waals surface area contributed by atoms with Crippen LogP contribution < -0.4 is 11.2 Å². The van der Waals surface area contributed by atoms with Gasteiger partial charge in [0.05, 0.1) is 18.8 Å². The molecule has 2 heterocycles. The van der Waals surface area contributed by atoms with Gasteiger partial charge in [-0.05, 0) is 24.7 Å². The number of H-pyrrole nitrogens is 1. The fourth-order valence-corrected chi connectivity index (χ4v) is 2.18. The van der Waals surface area contributed by atoms with E-state index in [9.17, 15) is 14.7 Å². The van der Waals surface area contributed by atoms with Gasteiger partial charge < -0.3 is 20.1 Å². The molecule has 4 N–H and O–H groups in total. The zero-order valence-electron chi connectivity index (χ0n) is 13.0. The zero-order valence-corrected chi connectivity index (χ0v) is 13.0. The van der Waals surface area contributed by atoms with Crippen LogP contribution in [0.3, 0.4) is 0 Å². The lowest BCUT2D eigenvalue weighted by Crippen LogP contribution is -2.33. The predicted octanol–water partition coefficient (Wildman–Crippen LogP) is -1.70. The molecule has 0 spiro atoms. The number of ether oxygens (including phenoxy) is 1. The molecule has 1 unspecified atom stereocenters. The number of hydrogen-bond donors (Lipinski definition) is 4. The second-order valence-electron chi connectivity index (χ2n) is 5.43. The quantitative estimate of drug-likeness (QED) is 0.489.